The van der Waals surface area contributed by atoms with Gasteiger partial charge in [0.1, 0.15) is 0 Å². The standard InChI is InChI=1S/C12H24N4O2/c1-6-17-7-10(8(2)3)14-12-16-15-11(18-12)9(4)13-5/h8-10,13H,6-7H2,1-5H3,(H,14,16). The number of aromatic nitrogens is 2. The Balaban J connectivity index is 2.60. The number of nitrogens with zero attached hydrogens (tertiary/aromatic N) is 2. The average molecular weight is 256 g/mol. The van der Waals surface area contributed by atoms with Crippen LogP contribution in [0.5, 0.6) is 0 Å². The van der Waals surface area contributed by atoms with Crippen LogP contribution in [0.25, 0.3) is 0 Å². The van der Waals surface area contributed by atoms with Crippen molar-refractivity contribution in [2.45, 2.75) is 39.8 Å². The van der Waals surface area contributed by atoms with E-state index in [1.54, 1.807) is 0 Å². The highest BCUT2D eigenvalue weighted by Gasteiger charge is 2.18. The summed E-state index contributed by atoms with van der Waals surface area (Å²) in [7, 11) is 1.86. The number of hydrogen-bond acceptors (Lipinski definition) is 6. The van der Waals surface area contributed by atoms with E-state index in [-0.39, 0.29) is 12.1 Å². The van der Waals surface area contributed by atoms with Crippen LogP contribution in [0, 0.1) is 5.92 Å². The van der Waals surface area contributed by atoms with Crippen LogP contribution in [0.1, 0.15) is 39.6 Å². The van der Waals surface area contributed by atoms with E-state index in [2.05, 4.69) is 34.7 Å². The van der Waals surface area contributed by atoms with Gasteiger partial charge in [0.25, 0.3) is 0 Å². The molecule has 6 nitrogen and oxygen atoms in total. The maximum atomic E-state index is 5.55. The molecule has 0 aromatic carbocycles. The molecule has 0 bridgehead atoms. The number of ether oxygens (including phenoxy) is 1. The zero-order valence-electron chi connectivity index (χ0n) is 11.9. The van der Waals surface area contributed by atoms with Crippen LogP contribution in [0.2, 0.25) is 0 Å². The summed E-state index contributed by atoms with van der Waals surface area (Å²) in [6, 6.07) is 0.672. The molecule has 0 fully saturated rings. The minimum Gasteiger partial charge on any atom is -0.406 e. The summed E-state index contributed by atoms with van der Waals surface area (Å²) in [4.78, 5) is 0. The molecule has 0 aliphatic rings. The molecule has 18 heavy (non-hydrogen) atoms. The Morgan fingerprint density at radius 3 is 2.56 bits per heavy atom. The molecular weight excluding hydrogens is 232 g/mol. The Hall–Kier alpha value is -1.14. The van der Waals surface area contributed by atoms with Crippen molar-refractivity contribution in [2.75, 3.05) is 25.6 Å². The van der Waals surface area contributed by atoms with Gasteiger partial charge >= 0.3 is 6.01 Å². The summed E-state index contributed by atoms with van der Waals surface area (Å²) >= 11 is 0. The van der Waals surface area contributed by atoms with Gasteiger partial charge in [-0.1, -0.05) is 18.9 Å². The Kier molecular flexibility index (Phi) is 6.07. The normalized spacial score (nSPS) is 14.8. The lowest BCUT2D eigenvalue weighted by molar-refractivity contribution is 0.126. The molecule has 0 spiro atoms. The summed E-state index contributed by atoms with van der Waals surface area (Å²) in [5.41, 5.74) is 0. The van der Waals surface area contributed by atoms with Crippen LogP contribution in [0.15, 0.2) is 4.42 Å². The van der Waals surface area contributed by atoms with Crippen LogP contribution in [0.3, 0.4) is 0 Å². The molecular formula is C12H24N4O2. The van der Waals surface area contributed by atoms with E-state index >= 15 is 0 Å². The van der Waals surface area contributed by atoms with Gasteiger partial charge in [0.2, 0.25) is 5.89 Å². The fourth-order valence-corrected chi connectivity index (χ4v) is 1.40. The first-order valence-corrected chi connectivity index (χ1v) is 6.43. The van der Waals surface area contributed by atoms with Crippen molar-refractivity contribution in [3.63, 3.8) is 0 Å². The molecule has 0 saturated heterocycles. The van der Waals surface area contributed by atoms with Gasteiger partial charge in [-0.25, -0.2) is 0 Å². The van der Waals surface area contributed by atoms with Crippen LogP contribution < -0.4 is 10.6 Å². The van der Waals surface area contributed by atoms with Crippen molar-refractivity contribution in [1.29, 1.82) is 0 Å². The van der Waals surface area contributed by atoms with Gasteiger partial charge < -0.3 is 19.8 Å². The van der Waals surface area contributed by atoms with Crippen LogP contribution in [0.4, 0.5) is 6.01 Å². The quantitative estimate of drug-likeness (QED) is 0.739. The van der Waals surface area contributed by atoms with E-state index in [9.17, 15) is 0 Å². The van der Waals surface area contributed by atoms with E-state index in [1.165, 1.54) is 0 Å². The molecule has 2 N–H and O–H groups in total. The fraction of sp³-hybridized carbons (Fsp3) is 0.833. The summed E-state index contributed by atoms with van der Waals surface area (Å²) < 4.78 is 11.0. The monoisotopic (exact) mass is 256 g/mol. The molecule has 1 rings (SSSR count). The smallest absolute Gasteiger partial charge is 0.315 e. The highest BCUT2D eigenvalue weighted by atomic mass is 16.5. The number of hydrogen-bond donors (Lipinski definition) is 2. The second kappa shape index (κ2) is 7.33. The first-order chi connectivity index (χ1) is 8.58. The first kappa shape index (κ1) is 14.9. The van der Waals surface area contributed by atoms with Crippen molar-refractivity contribution < 1.29 is 9.15 Å². The van der Waals surface area contributed by atoms with Crippen LogP contribution in [-0.4, -0.2) is 36.5 Å². The molecule has 0 amide bonds. The molecule has 104 valence electrons. The fourth-order valence-electron chi connectivity index (χ4n) is 1.40. The number of nitrogens with one attached hydrogen (secondary N) is 2. The van der Waals surface area contributed by atoms with E-state index in [0.29, 0.717) is 31.0 Å². The van der Waals surface area contributed by atoms with Gasteiger partial charge in [0, 0.05) is 6.61 Å². The Morgan fingerprint density at radius 2 is 2.00 bits per heavy atom. The van der Waals surface area contributed by atoms with Gasteiger partial charge in [0.15, 0.2) is 0 Å². The highest BCUT2D eigenvalue weighted by Crippen LogP contribution is 2.15. The van der Waals surface area contributed by atoms with E-state index < -0.39 is 0 Å². The van der Waals surface area contributed by atoms with Crippen molar-refractivity contribution in [1.82, 2.24) is 15.5 Å². The zero-order chi connectivity index (χ0) is 13.5. The van der Waals surface area contributed by atoms with Gasteiger partial charge in [-0.05, 0) is 26.8 Å². The zero-order valence-corrected chi connectivity index (χ0v) is 11.9. The molecule has 0 aliphatic carbocycles. The predicted octanol–water partition coefficient (Wildman–Crippen LogP) is 1.82. The lowest BCUT2D eigenvalue weighted by atomic mass is 10.1. The first-order valence-electron chi connectivity index (χ1n) is 6.43. The van der Waals surface area contributed by atoms with E-state index in [1.807, 2.05) is 20.9 Å². The SMILES string of the molecule is CCOCC(Nc1nnc(C(C)NC)o1)C(C)C. The highest BCUT2D eigenvalue weighted by molar-refractivity contribution is 5.20. The molecule has 1 aromatic heterocycles. The third kappa shape index (κ3) is 4.27. The molecule has 0 saturated carbocycles. The Morgan fingerprint density at radius 1 is 1.28 bits per heavy atom. The van der Waals surface area contributed by atoms with Gasteiger partial charge in [-0.2, -0.15) is 0 Å². The third-order valence-electron chi connectivity index (χ3n) is 2.86. The molecule has 1 aromatic rings. The molecule has 2 atom stereocenters. The summed E-state index contributed by atoms with van der Waals surface area (Å²) in [6.45, 7) is 9.55. The van der Waals surface area contributed by atoms with Gasteiger partial charge in [-0.3, -0.25) is 0 Å². The van der Waals surface area contributed by atoms with E-state index in [4.69, 9.17) is 9.15 Å². The molecule has 1 heterocycles. The van der Waals surface area contributed by atoms with E-state index in [0.717, 1.165) is 0 Å². The lowest BCUT2D eigenvalue weighted by Crippen LogP contribution is -2.31. The maximum absolute atomic E-state index is 5.55. The Labute approximate surface area is 108 Å². The second-order valence-electron chi connectivity index (χ2n) is 4.61. The topological polar surface area (TPSA) is 72.2 Å². The van der Waals surface area contributed by atoms with Crippen LogP contribution in [-0.2, 0) is 4.74 Å². The molecule has 2 unspecified atom stereocenters. The van der Waals surface area contributed by atoms with Crippen molar-refractivity contribution in [3.05, 3.63) is 5.89 Å². The van der Waals surface area contributed by atoms with Crippen molar-refractivity contribution in [3.8, 4) is 0 Å². The van der Waals surface area contributed by atoms with Gasteiger partial charge in [-0.15, -0.1) is 5.10 Å². The van der Waals surface area contributed by atoms with Crippen molar-refractivity contribution >= 4 is 6.01 Å². The Bertz CT molecular complexity index is 341. The molecule has 0 radical (unpaired) electrons. The third-order valence-corrected chi connectivity index (χ3v) is 2.86. The number of rotatable bonds is 8. The largest absolute Gasteiger partial charge is 0.406 e. The van der Waals surface area contributed by atoms with Crippen molar-refractivity contribution in [2.24, 2.45) is 5.92 Å². The average Bonchev–Trinajstić information content (AvgIpc) is 2.81. The lowest BCUT2D eigenvalue weighted by Gasteiger charge is -2.20. The summed E-state index contributed by atoms with van der Waals surface area (Å²) in [5, 5.41) is 14.3. The summed E-state index contributed by atoms with van der Waals surface area (Å²) in [5.74, 6) is 1.01. The predicted molar refractivity (Wildman–Crippen MR) is 70.5 cm³/mol. The molecule has 0 aliphatic heterocycles. The summed E-state index contributed by atoms with van der Waals surface area (Å²) in [6.07, 6.45) is 0. The molecule has 6 heteroatoms. The maximum Gasteiger partial charge on any atom is 0.315 e. The minimum absolute atomic E-state index is 0.0532. The minimum atomic E-state index is 0.0532. The van der Waals surface area contributed by atoms with Crippen LogP contribution >= 0.6 is 0 Å². The second-order valence-corrected chi connectivity index (χ2v) is 4.61. The number of anilines is 1. The van der Waals surface area contributed by atoms with Gasteiger partial charge in [0.05, 0.1) is 18.7 Å².